The molecule has 0 saturated carbocycles. The molecule has 12 aromatic rings. The minimum absolute atomic E-state index is 0.0533. The third kappa shape index (κ3) is 20.4. The number of amides is 4. The lowest BCUT2D eigenvalue weighted by Gasteiger charge is -2.29. The van der Waals surface area contributed by atoms with Crippen molar-refractivity contribution in [1.82, 2.24) is 70.3 Å². The van der Waals surface area contributed by atoms with Gasteiger partial charge in [-0.05, 0) is 209 Å². The number of aromatic nitrogens is 8. The van der Waals surface area contributed by atoms with Gasteiger partial charge in [-0.3, -0.25) is 33.3 Å². The van der Waals surface area contributed by atoms with E-state index >= 15 is 0 Å². The first-order valence-electron chi connectivity index (χ1n) is 45.9. The van der Waals surface area contributed by atoms with Crippen LogP contribution in [-0.2, 0) is 39.7 Å². The van der Waals surface area contributed by atoms with Crippen LogP contribution in [0.5, 0.6) is 46.0 Å². The van der Waals surface area contributed by atoms with Crippen molar-refractivity contribution in [3.05, 3.63) is 214 Å². The molecule has 0 bridgehead atoms. The molecular formula is C96H111F4N19O17S4. The number of benzene rings is 4. The second-order valence-electron chi connectivity index (χ2n) is 36.1. The third-order valence-electron chi connectivity index (χ3n) is 25.8. The second kappa shape index (κ2) is 40.1. The smallest absolute Gasteiger partial charge is 0.303 e. The highest BCUT2D eigenvalue weighted by atomic mass is 32.2. The average Bonchev–Trinajstić information content (AvgIpc) is 1.71. The first-order valence-corrected chi connectivity index (χ1v) is 52.4. The van der Waals surface area contributed by atoms with E-state index < -0.39 is 91.3 Å². The zero-order valence-electron chi connectivity index (χ0n) is 78.8. The normalized spacial score (nSPS) is 19.1. The Morgan fingerprint density at radius 3 is 0.914 bits per heavy atom. The van der Waals surface area contributed by atoms with Crippen LogP contribution in [0.4, 0.5) is 40.3 Å². The van der Waals surface area contributed by atoms with Crippen molar-refractivity contribution < 1.29 is 95.7 Å². The number of nitrogens with one attached hydrogen (secondary N) is 4. The molecule has 16 heterocycles. The van der Waals surface area contributed by atoms with Gasteiger partial charge in [0.1, 0.15) is 46.2 Å². The Hall–Kier alpha value is -13.3. The van der Waals surface area contributed by atoms with Gasteiger partial charge >= 0.3 is 10.2 Å². The summed E-state index contributed by atoms with van der Waals surface area (Å²) in [6, 6.07) is 28.3. The fourth-order valence-electron chi connectivity index (χ4n) is 17.9. The second-order valence-corrected chi connectivity index (χ2v) is 45.1. The maximum Gasteiger partial charge on any atom is 0.303 e. The number of pyridine rings is 4. The number of halogens is 4. The van der Waals surface area contributed by atoms with E-state index in [2.05, 4.69) is 76.5 Å². The number of hydrogen-bond donors (Lipinski definition) is 4. The van der Waals surface area contributed by atoms with Crippen LogP contribution in [0.1, 0.15) is 180 Å². The maximum atomic E-state index is 14.9. The predicted molar refractivity (Wildman–Crippen MR) is 527 cm³/mol. The van der Waals surface area contributed by atoms with Crippen LogP contribution >= 0.6 is 0 Å². The molecule has 4 aromatic carbocycles. The molecule has 744 valence electrons. The number of anilines is 4. The molecular weight excluding hydrogens is 1900 g/mol. The Balaban J connectivity index is 0.000000129. The Morgan fingerprint density at radius 2 is 0.636 bits per heavy atom. The average molecular weight is 2010 g/mol. The molecule has 0 spiro atoms. The topological polar surface area (TPSA) is 367 Å². The maximum absolute atomic E-state index is 14.9. The van der Waals surface area contributed by atoms with Crippen molar-refractivity contribution in [1.29, 1.82) is 0 Å². The molecule has 8 aliphatic heterocycles. The highest BCUT2D eigenvalue weighted by molar-refractivity contribution is 8.00. The van der Waals surface area contributed by atoms with Crippen LogP contribution in [-0.4, -0.2) is 239 Å². The summed E-state index contributed by atoms with van der Waals surface area (Å²) in [5, 5.41) is 17.0. The Morgan fingerprint density at radius 1 is 0.379 bits per heavy atom. The van der Waals surface area contributed by atoms with Crippen molar-refractivity contribution in [2.24, 2.45) is 0 Å². The number of rotatable bonds is 20. The van der Waals surface area contributed by atoms with E-state index in [4.69, 9.17) is 37.9 Å². The van der Waals surface area contributed by atoms with E-state index in [9.17, 15) is 57.8 Å². The van der Waals surface area contributed by atoms with Crippen LogP contribution in [0.25, 0.3) is 22.1 Å². The van der Waals surface area contributed by atoms with Crippen molar-refractivity contribution in [3.8, 4) is 46.0 Å². The predicted octanol–water partition coefficient (Wildman–Crippen LogP) is 11.9. The van der Waals surface area contributed by atoms with Crippen LogP contribution in [0.2, 0.25) is 0 Å². The largest absolute Gasteiger partial charge is 0.489 e. The Labute approximate surface area is 808 Å². The van der Waals surface area contributed by atoms with Gasteiger partial charge in [-0.1, -0.05) is 6.92 Å². The molecule has 4 amide bonds. The zero-order chi connectivity index (χ0) is 99.2. The first-order chi connectivity index (χ1) is 66.8. The van der Waals surface area contributed by atoms with Crippen LogP contribution in [0.3, 0.4) is 0 Å². The van der Waals surface area contributed by atoms with Crippen LogP contribution < -0.4 is 76.4 Å². The molecule has 140 heavy (non-hydrogen) atoms. The van der Waals surface area contributed by atoms with E-state index in [1.165, 1.54) is 69.2 Å². The highest BCUT2D eigenvalue weighted by Gasteiger charge is 2.38. The molecule has 4 N–H and O–H groups in total. The molecule has 4 fully saturated rings. The van der Waals surface area contributed by atoms with Gasteiger partial charge < -0.3 is 57.5 Å². The van der Waals surface area contributed by atoms with Crippen molar-refractivity contribution >= 4 is 126 Å². The fraction of sp³-hybridized carbons (Fsp3) is 0.385. The van der Waals surface area contributed by atoms with Gasteiger partial charge in [0.25, 0.3) is 23.6 Å². The molecule has 7 atom stereocenters. The molecule has 8 aromatic heterocycles. The van der Waals surface area contributed by atoms with E-state index in [0.717, 1.165) is 127 Å². The summed E-state index contributed by atoms with van der Waals surface area (Å²) in [5.41, 5.74) is 9.94. The van der Waals surface area contributed by atoms with Crippen LogP contribution in [0.15, 0.2) is 147 Å². The van der Waals surface area contributed by atoms with Gasteiger partial charge in [0.15, 0.2) is 69.3 Å². The van der Waals surface area contributed by atoms with Crippen molar-refractivity contribution in [2.75, 3.05) is 140 Å². The molecule has 5 unspecified atom stereocenters. The molecule has 0 aliphatic carbocycles. The van der Waals surface area contributed by atoms with Crippen molar-refractivity contribution in [2.45, 2.75) is 121 Å². The number of carbonyl (C=O) groups excluding carboxylic acids is 4. The van der Waals surface area contributed by atoms with Gasteiger partial charge in [0.2, 0.25) is 0 Å². The van der Waals surface area contributed by atoms with Crippen molar-refractivity contribution in [3.63, 3.8) is 0 Å². The Bertz CT molecular complexity index is 7280. The SMILES string of the molecule is C=S(=O)(NC(=O)c1cnn2ccc(N3CCCC3c3cc(F)c4c(c3)OCCO4)cc12)C(C)(C)C.C=S(=O)(NC(=O)c1cnn2ccc(N3CCCC3c3cc(F)c4c(c3)OCCO4)cc12)N(C)C.C=S(=O)(NC(=O)c1cnn2ccc(N3CCC[C@@H]3c3cc(F)c4c(c3)OCCCO4)cc12)N(C)C.CCN(C)S(=O)(=O)NC(=O)c1cnn2ccc(N3CCC[C@@H]3c3cc(F)c4c(c3)OCCCO4)cc12. The van der Waals surface area contributed by atoms with Gasteiger partial charge in [0.05, 0.1) is 129 Å². The lowest BCUT2D eigenvalue weighted by Crippen LogP contribution is -2.42. The van der Waals surface area contributed by atoms with Gasteiger partial charge in [-0.15, -0.1) is 0 Å². The zero-order valence-corrected chi connectivity index (χ0v) is 82.1. The minimum atomic E-state index is -3.96. The number of fused-ring (bicyclic) bond motifs is 8. The third-order valence-corrected chi connectivity index (χ3v) is 33.2. The Kier molecular flexibility index (Phi) is 28.2. The summed E-state index contributed by atoms with van der Waals surface area (Å²) in [7, 11) is -5.02. The summed E-state index contributed by atoms with van der Waals surface area (Å²) in [6.07, 6.45) is 21.2. The fourth-order valence-corrected chi connectivity index (χ4v) is 20.6. The van der Waals surface area contributed by atoms with E-state index in [1.54, 1.807) is 100 Å². The number of hydrogen-bond acceptors (Lipinski definition) is 25. The van der Waals surface area contributed by atoms with Gasteiger partial charge in [-0.2, -0.15) is 33.1 Å². The molecule has 44 heteroatoms. The van der Waals surface area contributed by atoms with Gasteiger partial charge in [-0.25, -0.2) is 61.6 Å². The standard InChI is InChI=1S/C25H29FN4O4S.C24H28FN5O5S.C24H28FN5O4S.C23H26FN5O4S/c1-25(2,3)35(4,32)28-24(31)18-15-27-30-9-7-17(14-21(18)30)29-8-5-6-20(29)16-12-19(26)23-22(13-16)33-10-11-34-23;1-3-28(2)36(32,33)27-24(31)18-15-26-30-9-7-17(14-21(18)30)29-8-4-6-20(29)16-12-19(25)23-22(13-16)34-10-5-11-35-23;1-28(2)35(3,32)27-24(31)18-15-26-30-9-7-17(14-21(18)30)29-8-4-6-20(29)16-12-19(25)23-22(13-16)33-10-5-11-34-23;1-27(2)34(3,31)26-23(30)17-14-25-29-8-6-16(13-20(17)29)28-7-4-5-19(28)15-11-18(24)22-21(12-15)32-9-10-33-22/h7,9,12-15,20H,4-6,8,10-11H2,1-3H3,(H,28,31,32);7,9,12-15,20H,3-6,8,10-11H2,1-2H3,(H,27,31);7,9,12-15,20H,3-6,8,10-11H2,1-2H3,(H,27,31,32);6,8,11-14,19H,3-5,7,9-10H2,1-2H3,(H,26,30,31)/t;20-;20-,35?;/m.11./s1. The summed E-state index contributed by atoms with van der Waals surface area (Å²) in [4.78, 5) is 60.3. The van der Waals surface area contributed by atoms with Crippen LogP contribution in [0, 0.1) is 23.3 Å². The lowest BCUT2D eigenvalue weighted by molar-refractivity contribution is 0.0972. The number of ether oxygens (including phenoxy) is 8. The van der Waals surface area contributed by atoms with E-state index in [1.807, 2.05) is 66.7 Å². The van der Waals surface area contributed by atoms with E-state index in [0.29, 0.717) is 127 Å². The quantitative estimate of drug-likeness (QED) is 0.0407. The summed E-state index contributed by atoms with van der Waals surface area (Å²) in [6.45, 7) is 13.5. The van der Waals surface area contributed by atoms with E-state index in [-0.39, 0.29) is 59.3 Å². The number of carbonyl (C=O) groups is 4. The monoisotopic (exact) mass is 2010 g/mol. The molecule has 8 aliphatic rings. The summed E-state index contributed by atoms with van der Waals surface area (Å²) >= 11 is 0. The number of nitrogens with zero attached hydrogens (tertiary/aromatic N) is 15. The first kappa shape index (κ1) is 98.3. The molecule has 0 radical (unpaired) electrons. The van der Waals surface area contributed by atoms with Gasteiger partial charge in [0, 0.05) is 133 Å². The summed E-state index contributed by atoms with van der Waals surface area (Å²) < 4.78 is 186. The minimum Gasteiger partial charge on any atom is -0.489 e. The molecule has 4 saturated heterocycles. The summed E-state index contributed by atoms with van der Waals surface area (Å²) in [5.74, 6) is 9.30. The highest BCUT2D eigenvalue weighted by Crippen LogP contribution is 2.48. The molecule has 20 rings (SSSR count). The molecule has 36 nitrogen and oxygen atoms in total. The lowest BCUT2D eigenvalue weighted by atomic mass is 10.0.